The number of carboxylic acid groups (broad SMARTS) is 1. The molecule has 0 fully saturated rings. The maximum absolute atomic E-state index is 11.4. The molecular formula is C9H15N3O3. The van der Waals surface area contributed by atoms with Crippen LogP contribution in [0.5, 0.6) is 0 Å². The molecule has 15 heavy (non-hydrogen) atoms. The van der Waals surface area contributed by atoms with E-state index in [1.165, 1.54) is 7.05 Å². The maximum Gasteiger partial charge on any atom is 0.415 e. The summed E-state index contributed by atoms with van der Waals surface area (Å²) in [4.78, 5) is 23.5. The summed E-state index contributed by atoms with van der Waals surface area (Å²) in [5, 5.41) is 17.2. The average molecular weight is 213 g/mol. The Bertz CT molecular complexity index is 283. The van der Waals surface area contributed by atoms with Gasteiger partial charge in [0.05, 0.1) is 0 Å². The van der Waals surface area contributed by atoms with Crippen molar-refractivity contribution in [3.05, 3.63) is 0 Å². The normalized spacial score (nSPS) is 9.53. The fourth-order valence-electron chi connectivity index (χ4n) is 0.884. The molecule has 1 N–H and O–H groups in total. The van der Waals surface area contributed by atoms with Crippen LogP contribution in [0.2, 0.25) is 0 Å². The van der Waals surface area contributed by atoms with Crippen LogP contribution < -0.4 is 0 Å². The zero-order chi connectivity index (χ0) is 12.0. The second-order valence-corrected chi connectivity index (χ2v) is 3.56. The van der Waals surface area contributed by atoms with Crippen molar-refractivity contribution in [1.29, 1.82) is 5.26 Å². The summed E-state index contributed by atoms with van der Waals surface area (Å²) in [5.74, 6) is 0.298. The summed E-state index contributed by atoms with van der Waals surface area (Å²) in [6, 6.07) is -0.814. The highest BCUT2D eigenvalue weighted by molar-refractivity contribution is 5.90. The smallest absolute Gasteiger partial charge is 0.415 e. The van der Waals surface area contributed by atoms with Crippen LogP contribution in [0, 0.1) is 17.4 Å². The predicted octanol–water partition coefficient (Wildman–Crippen LogP) is 1.55. The highest BCUT2D eigenvalue weighted by Crippen LogP contribution is 2.04. The molecule has 6 nitrogen and oxygen atoms in total. The lowest BCUT2D eigenvalue weighted by atomic mass is 10.1. The number of hydrogen-bond acceptors (Lipinski definition) is 3. The minimum atomic E-state index is -1.33. The molecule has 0 aliphatic heterocycles. The Hall–Kier alpha value is -1.77. The number of imide groups is 1. The topological polar surface area (TPSA) is 84.6 Å². The van der Waals surface area contributed by atoms with Gasteiger partial charge in [0.15, 0.2) is 6.19 Å². The van der Waals surface area contributed by atoms with Gasteiger partial charge < -0.3 is 5.11 Å². The number of carbonyl (C=O) groups excluding carboxylic acids is 1. The van der Waals surface area contributed by atoms with Crippen LogP contribution in [0.4, 0.5) is 9.59 Å². The number of nitrogens with zero attached hydrogens (tertiary/aromatic N) is 3. The fourth-order valence-corrected chi connectivity index (χ4v) is 0.884. The lowest BCUT2D eigenvalue weighted by molar-refractivity contribution is 0.138. The van der Waals surface area contributed by atoms with E-state index in [1.54, 1.807) is 6.19 Å². The summed E-state index contributed by atoms with van der Waals surface area (Å²) in [6.07, 6.45) is 0.816. The van der Waals surface area contributed by atoms with Gasteiger partial charge in [-0.15, -0.1) is 0 Å². The number of carbonyl (C=O) groups is 2. The molecule has 6 heteroatoms. The van der Waals surface area contributed by atoms with E-state index in [9.17, 15) is 9.59 Å². The molecule has 0 spiro atoms. The van der Waals surface area contributed by atoms with E-state index >= 15 is 0 Å². The van der Waals surface area contributed by atoms with Crippen molar-refractivity contribution in [2.45, 2.75) is 20.3 Å². The maximum atomic E-state index is 11.4. The molecule has 0 aliphatic rings. The van der Waals surface area contributed by atoms with Crippen LogP contribution in [0.1, 0.15) is 20.3 Å². The van der Waals surface area contributed by atoms with Crippen LogP contribution >= 0.6 is 0 Å². The van der Waals surface area contributed by atoms with Crippen LogP contribution in [-0.2, 0) is 0 Å². The Morgan fingerprint density at radius 2 is 2.00 bits per heavy atom. The van der Waals surface area contributed by atoms with E-state index < -0.39 is 12.1 Å². The van der Waals surface area contributed by atoms with E-state index in [0.29, 0.717) is 22.1 Å². The molecular weight excluding hydrogens is 198 g/mol. The second kappa shape index (κ2) is 5.86. The highest BCUT2D eigenvalue weighted by Gasteiger charge is 2.23. The summed E-state index contributed by atoms with van der Waals surface area (Å²) < 4.78 is 0. The molecule has 3 amide bonds. The Kier molecular flexibility index (Phi) is 5.16. The third-order valence-corrected chi connectivity index (χ3v) is 1.83. The van der Waals surface area contributed by atoms with E-state index in [1.807, 2.05) is 13.8 Å². The molecule has 84 valence electrons. The van der Waals surface area contributed by atoms with E-state index in [4.69, 9.17) is 10.4 Å². The van der Waals surface area contributed by atoms with Gasteiger partial charge in [-0.1, -0.05) is 13.8 Å². The first-order chi connectivity index (χ1) is 6.90. The molecule has 0 rings (SSSR count). The van der Waals surface area contributed by atoms with Gasteiger partial charge in [-0.3, -0.25) is 0 Å². The molecule has 0 aromatic rings. The number of urea groups is 1. The number of hydrogen-bond donors (Lipinski definition) is 1. The third-order valence-electron chi connectivity index (χ3n) is 1.83. The van der Waals surface area contributed by atoms with Crippen molar-refractivity contribution in [3.8, 4) is 6.19 Å². The van der Waals surface area contributed by atoms with Gasteiger partial charge in [0.2, 0.25) is 0 Å². The van der Waals surface area contributed by atoms with Gasteiger partial charge in [0.1, 0.15) is 0 Å². The first-order valence-electron chi connectivity index (χ1n) is 4.58. The summed E-state index contributed by atoms with van der Waals surface area (Å²) in [6.45, 7) is 3.97. The second-order valence-electron chi connectivity index (χ2n) is 3.56. The molecule has 0 aromatic heterocycles. The standard InChI is InChI=1S/C9H15N3O3/c1-7(2)4-5-12(9(14)15)8(13)11(3)6-10/h7H,4-5H2,1-3H3,(H,14,15). The summed E-state index contributed by atoms with van der Waals surface area (Å²) in [7, 11) is 1.23. The van der Waals surface area contributed by atoms with Crippen molar-refractivity contribution in [2.24, 2.45) is 5.92 Å². The third kappa shape index (κ3) is 4.31. The Balaban J connectivity index is 4.48. The molecule has 0 atom stereocenters. The predicted molar refractivity (Wildman–Crippen MR) is 53.0 cm³/mol. The number of nitriles is 1. The first kappa shape index (κ1) is 13.2. The quantitative estimate of drug-likeness (QED) is 0.569. The van der Waals surface area contributed by atoms with Gasteiger partial charge in [-0.25, -0.2) is 19.4 Å². The Labute approximate surface area is 88.7 Å². The average Bonchev–Trinajstić information content (AvgIpc) is 2.15. The Morgan fingerprint density at radius 3 is 2.33 bits per heavy atom. The Morgan fingerprint density at radius 1 is 1.47 bits per heavy atom. The van der Waals surface area contributed by atoms with Crippen molar-refractivity contribution in [3.63, 3.8) is 0 Å². The van der Waals surface area contributed by atoms with Crippen LogP contribution in [-0.4, -0.2) is 40.6 Å². The molecule has 0 radical (unpaired) electrons. The van der Waals surface area contributed by atoms with Crippen LogP contribution in [0.15, 0.2) is 0 Å². The van der Waals surface area contributed by atoms with Crippen molar-refractivity contribution in [2.75, 3.05) is 13.6 Å². The van der Waals surface area contributed by atoms with E-state index in [-0.39, 0.29) is 6.54 Å². The largest absolute Gasteiger partial charge is 0.465 e. The van der Waals surface area contributed by atoms with Crippen molar-refractivity contribution < 1.29 is 14.7 Å². The van der Waals surface area contributed by atoms with Gasteiger partial charge in [0.25, 0.3) is 0 Å². The fraction of sp³-hybridized carbons (Fsp3) is 0.667. The highest BCUT2D eigenvalue weighted by atomic mass is 16.4. The lowest BCUT2D eigenvalue weighted by Gasteiger charge is -2.20. The van der Waals surface area contributed by atoms with Crippen molar-refractivity contribution >= 4 is 12.1 Å². The first-order valence-corrected chi connectivity index (χ1v) is 4.58. The summed E-state index contributed by atoms with van der Waals surface area (Å²) >= 11 is 0. The number of amides is 3. The minimum Gasteiger partial charge on any atom is -0.465 e. The summed E-state index contributed by atoms with van der Waals surface area (Å²) in [5.41, 5.74) is 0. The molecule has 0 saturated heterocycles. The molecule has 0 bridgehead atoms. The minimum absolute atomic E-state index is 0.109. The molecule has 0 saturated carbocycles. The van der Waals surface area contributed by atoms with Gasteiger partial charge in [0, 0.05) is 13.6 Å². The zero-order valence-electron chi connectivity index (χ0n) is 9.10. The van der Waals surface area contributed by atoms with E-state index in [2.05, 4.69) is 0 Å². The lowest BCUT2D eigenvalue weighted by Crippen LogP contribution is -2.43. The molecule has 0 heterocycles. The van der Waals surface area contributed by atoms with Crippen LogP contribution in [0.25, 0.3) is 0 Å². The van der Waals surface area contributed by atoms with E-state index in [0.717, 1.165) is 0 Å². The number of rotatable bonds is 3. The molecule has 0 unspecified atom stereocenters. The monoisotopic (exact) mass is 213 g/mol. The van der Waals surface area contributed by atoms with Gasteiger partial charge in [-0.05, 0) is 12.3 Å². The van der Waals surface area contributed by atoms with Crippen LogP contribution in [0.3, 0.4) is 0 Å². The SMILES string of the molecule is CC(C)CCN(C(=O)O)C(=O)N(C)C#N. The zero-order valence-corrected chi connectivity index (χ0v) is 9.10. The van der Waals surface area contributed by atoms with Gasteiger partial charge >= 0.3 is 12.1 Å². The van der Waals surface area contributed by atoms with Crippen molar-refractivity contribution in [1.82, 2.24) is 9.80 Å². The van der Waals surface area contributed by atoms with Gasteiger partial charge in [-0.2, -0.15) is 5.26 Å². The molecule has 0 aliphatic carbocycles. The molecule has 0 aromatic carbocycles.